The van der Waals surface area contributed by atoms with Gasteiger partial charge >= 0.3 is 0 Å². The Morgan fingerprint density at radius 1 is 1.27 bits per heavy atom. The first-order valence-corrected chi connectivity index (χ1v) is 5.10. The van der Waals surface area contributed by atoms with E-state index in [9.17, 15) is 0 Å². The average Bonchev–Trinajstić information content (AvgIpc) is 2.05. The Labute approximate surface area is 76.3 Å². The van der Waals surface area contributed by atoms with E-state index >= 15 is 0 Å². The van der Waals surface area contributed by atoms with Crippen molar-refractivity contribution < 1.29 is 0 Å². The van der Waals surface area contributed by atoms with Crippen LogP contribution in [0.1, 0.15) is 40.5 Å². The molecule has 0 aliphatic heterocycles. The molecule has 2 atom stereocenters. The first-order chi connectivity index (χ1) is 5.17. The summed E-state index contributed by atoms with van der Waals surface area (Å²) in [6, 6.07) is 0. The molecule has 0 amide bonds. The van der Waals surface area contributed by atoms with Gasteiger partial charge in [0, 0.05) is 5.88 Å². The van der Waals surface area contributed by atoms with E-state index < -0.39 is 0 Å². The second kappa shape index (κ2) is 5.88. The molecule has 0 heterocycles. The van der Waals surface area contributed by atoms with Crippen molar-refractivity contribution in [3.8, 4) is 0 Å². The first-order valence-electron chi connectivity index (χ1n) is 4.56. The van der Waals surface area contributed by atoms with Crippen molar-refractivity contribution in [2.45, 2.75) is 40.5 Å². The SMILES string of the molecule is CCC(C)[C](C)C(CC)CCl. The van der Waals surface area contributed by atoms with Gasteiger partial charge in [0.25, 0.3) is 0 Å². The topological polar surface area (TPSA) is 0 Å². The van der Waals surface area contributed by atoms with Crippen molar-refractivity contribution in [3.63, 3.8) is 0 Å². The zero-order valence-corrected chi connectivity index (χ0v) is 8.91. The summed E-state index contributed by atoms with van der Waals surface area (Å²) in [7, 11) is 0. The highest BCUT2D eigenvalue weighted by Crippen LogP contribution is 2.28. The van der Waals surface area contributed by atoms with Gasteiger partial charge in [0.1, 0.15) is 0 Å². The summed E-state index contributed by atoms with van der Waals surface area (Å²) >= 11 is 5.84. The van der Waals surface area contributed by atoms with E-state index in [1.165, 1.54) is 12.8 Å². The van der Waals surface area contributed by atoms with Gasteiger partial charge in [0.05, 0.1) is 0 Å². The summed E-state index contributed by atoms with van der Waals surface area (Å²) in [5, 5.41) is 0. The van der Waals surface area contributed by atoms with E-state index in [-0.39, 0.29) is 0 Å². The van der Waals surface area contributed by atoms with Gasteiger partial charge in [0.15, 0.2) is 0 Å². The standard InChI is InChI=1S/C10H20Cl/c1-5-8(3)9(4)10(6-2)7-11/h8,10H,5-7H2,1-4H3. The van der Waals surface area contributed by atoms with Crippen molar-refractivity contribution in [1.82, 2.24) is 0 Å². The third kappa shape index (κ3) is 3.46. The van der Waals surface area contributed by atoms with Crippen molar-refractivity contribution in [1.29, 1.82) is 0 Å². The molecule has 0 saturated carbocycles. The molecule has 0 aromatic rings. The molecule has 0 bridgehead atoms. The van der Waals surface area contributed by atoms with E-state index in [4.69, 9.17) is 11.6 Å². The smallest absolute Gasteiger partial charge is 0.0257 e. The fourth-order valence-corrected chi connectivity index (χ4v) is 1.74. The molecule has 2 unspecified atom stereocenters. The Balaban J connectivity index is 3.86. The molecule has 0 aliphatic carbocycles. The lowest BCUT2D eigenvalue weighted by Gasteiger charge is -2.24. The van der Waals surface area contributed by atoms with Crippen LogP contribution in [0.5, 0.6) is 0 Å². The summed E-state index contributed by atoms with van der Waals surface area (Å²) in [6.07, 6.45) is 2.42. The van der Waals surface area contributed by atoms with E-state index in [1.54, 1.807) is 5.92 Å². The summed E-state index contributed by atoms with van der Waals surface area (Å²) < 4.78 is 0. The third-order valence-corrected chi connectivity index (χ3v) is 3.09. The van der Waals surface area contributed by atoms with Crippen LogP contribution in [-0.4, -0.2) is 5.88 Å². The largest absolute Gasteiger partial charge is 0.126 e. The molecule has 0 nitrogen and oxygen atoms in total. The summed E-state index contributed by atoms with van der Waals surface area (Å²) in [5.41, 5.74) is 0. The lowest BCUT2D eigenvalue weighted by atomic mass is 9.82. The van der Waals surface area contributed by atoms with Crippen LogP contribution in [0, 0.1) is 17.8 Å². The Bertz CT molecular complexity index is 86.9. The average molecular weight is 176 g/mol. The molecule has 0 fully saturated rings. The van der Waals surface area contributed by atoms with Crippen molar-refractivity contribution in [2.24, 2.45) is 11.8 Å². The molecule has 1 heteroatoms. The highest BCUT2D eigenvalue weighted by atomic mass is 35.5. The number of halogens is 1. The highest BCUT2D eigenvalue weighted by Gasteiger charge is 2.19. The molecule has 0 N–H and O–H groups in total. The van der Waals surface area contributed by atoms with Crippen LogP contribution in [0.15, 0.2) is 0 Å². The zero-order chi connectivity index (χ0) is 8.85. The molecule has 11 heavy (non-hydrogen) atoms. The number of alkyl halides is 1. The second-order valence-corrected chi connectivity index (χ2v) is 3.62. The van der Waals surface area contributed by atoms with Gasteiger partial charge in [-0.2, -0.15) is 0 Å². The number of hydrogen-bond donors (Lipinski definition) is 0. The van der Waals surface area contributed by atoms with E-state index in [2.05, 4.69) is 27.7 Å². The van der Waals surface area contributed by atoms with Crippen LogP contribution in [0.2, 0.25) is 0 Å². The molecule has 0 saturated heterocycles. The first kappa shape index (κ1) is 11.3. The maximum atomic E-state index is 5.84. The fourth-order valence-electron chi connectivity index (χ4n) is 1.28. The fraction of sp³-hybridized carbons (Fsp3) is 0.900. The summed E-state index contributed by atoms with van der Waals surface area (Å²) in [5.74, 6) is 3.72. The monoisotopic (exact) mass is 175 g/mol. The van der Waals surface area contributed by atoms with Crippen LogP contribution in [0.3, 0.4) is 0 Å². The number of hydrogen-bond acceptors (Lipinski definition) is 0. The Morgan fingerprint density at radius 2 is 1.82 bits per heavy atom. The molecular weight excluding hydrogens is 156 g/mol. The van der Waals surface area contributed by atoms with E-state index in [0.717, 1.165) is 11.8 Å². The molecule has 0 aromatic carbocycles. The van der Waals surface area contributed by atoms with Crippen LogP contribution in [0.25, 0.3) is 0 Å². The summed E-state index contributed by atoms with van der Waals surface area (Å²) in [4.78, 5) is 0. The molecule has 0 rings (SSSR count). The van der Waals surface area contributed by atoms with Crippen LogP contribution in [-0.2, 0) is 0 Å². The third-order valence-electron chi connectivity index (χ3n) is 2.71. The van der Waals surface area contributed by atoms with Gasteiger partial charge in [0.2, 0.25) is 0 Å². The second-order valence-electron chi connectivity index (χ2n) is 3.31. The van der Waals surface area contributed by atoms with E-state index in [0.29, 0.717) is 5.92 Å². The predicted molar refractivity (Wildman–Crippen MR) is 52.9 cm³/mol. The van der Waals surface area contributed by atoms with Gasteiger partial charge in [-0.15, -0.1) is 11.6 Å². The van der Waals surface area contributed by atoms with Crippen molar-refractivity contribution >= 4 is 11.6 Å². The van der Waals surface area contributed by atoms with Crippen LogP contribution in [0.4, 0.5) is 0 Å². The molecule has 1 radical (unpaired) electrons. The molecule has 67 valence electrons. The quantitative estimate of drug-likeness (QED) is 0.557. The molecule has 0 spiro atoms. The van der Waals surface area contributed by atoms with Gasteiger partial charge in [-0.25, -0.2) is 0 Å². The minimum atomic E-state index is 0.631. The van der Waals surface area contributed by atoms with Crippen molar-refractivity contribution in [2.75, 3.05) is 5.88 Å². The minimum absolute atomic E-state index is 0.631. The summed E-state index contributed by atoms with van der Waals surface area (Å²) in [6.45, 7) is 8.96. The maximum absolute atomic E-state index is 5.84. The minimum Gasteiger partial charge on any atom is -0.126 e. The number of rotatable bonds is 5. The van der Waals surface area contributed by atoms with Gasteiger partial charge < -0.3 is 0 Å². The van der Waals surface area contributed by atoms with Crippen LogP contribution >= 0.6 is 11.6 Å². The lowest BCUT2D eigenvalue weighted by Crippen LogP contribution is -2.17. The molecule has 0 aliphatic rings. The zero-order valence-electron chi connectivity index (χ0n) is 8.15. The Morgan fingerprint density at radius 3 is 2.09 bits per heavy atom. The van der Waals surface area contributed by atoms with Gasteiger partial charge in [-0.1, -0.05) is 40.5 Å². The highest BCUT2D eigenvalue weighted by molar-refractivity contribution is 6.18. The van der Waals surface area contributed by atoms with Gasteiger partial charge in [-0.3, -0.25) is 0 Å². The van der Waals surface area contributed by atoms with E-state index in [1.807, 2.05) is 0 Å². The van der Waals surface area contributed by atoms with Crippen molar-refractivity contribution in [3.05, 3.63) is 5.92 Å². The molecule has 0 aromatic heterocycles. The van der Waals surface area contributed by atoms with Gasteiger partial charge in [-0.05, 0) is 17.8 Å². The molecular formula is C10H20Cl. The normalized spacial score (nSPS) is 16.9. The Kier molecular flexibility index (Phi) is 6.03. The predicted octanol–water partition coefficient (Wildman–Crippen LogP) is 3.89. The lowest BCUT2D eigenvalue weighted by molar-refractivity contribution is 0.450. The maximum Gasteiger partial charge on any atom is 0.0257 e. The van der Waals surface area contributed by atoms with Crippen LogP contribution < -0.4 is 0 Å². The Hall–Kier alpha value is 0.290.